The molecule has 296 valence electrons. The SMILES string of the molecule is CC[C@@H](NC(=O)c1ccc(Cl)cc1)C1[C@H]2CC(Nc3ccccc3C#N)C[C@@H]12.CC[C@@H](NC(=O)c1ccc(Cl)cc1)C1[C@H]2CC(Nc3ccccc3C(=O)O)C[C@@H]12. The van der Waals surface area contributed by atoms with Gasteiger partial charge >= 0.3 is 5.97 Å². The zero-order chi connectivity index (χ0) is 40.2. The molecule has 4 unspecified atom stereocenters. The zero-order valence-corrected chi connectivity index (χ0v) is 33.6. The largest absolute Gasteiger partial charge is 0.478 e. The number of carboxylic acids is 1. The molecular weight excluding hydrogens is 757 g/mol. The number of nitrogens with one attached hydrogen (secondary N) is 4. The maximum atomic E-state index is 12.6. The van der Waals surface area contributed by atoms with Crippen molar-refractivity contribution in [2.75, 3.05) is 10.6 Å². The normalized spacial score (nSPS) is 25.9. The van der Waals surface area contributed by atoms with E-state index in [1.807, 2.05) is 36.4 Å². The van der Waals surface area contributed by atoms with E-state index in [4.69, 9.17) is 23.2 Å². The molecule has 0 saturated heterocycles. The number of hydrogen-bond acceptors (Lipinski definition) is 6. The molecule has 9 nitrogen and oxygen atoms in total. The number of carbonyl (C=O) groups is 3. The Bertz CT molecular complexity index is 2100. The Morgan fingerprint density at radius 2 is 1.05 bits per heavy atom. The molecule has 0 bridgehead atoms. The van der Waals surface area contributed by atoms with Crippen molar-refractivity contribution in [2.24, 2.45) is 35.5 Å². The first-order valence-electron chi connectivity index (χ1n) is 20.1. The number of hydrogen-bond donors (Lipinski definition) is 5. The summed E-state index contributed by atoms with van der Waals surface area (Å²) in [7, 11) is 0. The van der Waals surface area contributed by atoms with E-state index in [0.717, 1.165) is 44.2 Å². The van der Waals surface area contributed by atoms with E-state index >= 15 is 0 Å². The highest BCUT2D eigenvalue weighted by Crippen LogP contribution is 2.61. The van der Waals surface area contributed by atoms with Crippen LogP contribution in [0, 0.1) is 46.8 Å². The molecule has 8 rings (SSSR count). The second kappa shape index (κ2) is 17.6. The van der Waals surface area contributed by atoms with E-state index in [1.54, 1.807) is 60.7 Å². The van der Waals surface area contributed by atoms with Crippen LogP contribution in [0.15, 0.2) is 97.1 Å². The molecule has 0 aliphatic heterocycles. The fourth-order valence-electron chi connectivity index (χ4n) is 9.80. The Morgan fingerprint density at radius 3 is 1.47 bits per heavy atom. The summed E-state index contributed by atoms with van der Waals surface area (Å²) in [6.07, 6.45) is 6.06. The van der Waals surface area contributed by atoms with Crippen LogP contribution in [0.25, 0.3) is 0 Å². The van der Waals surface area contributed by atoms with Crippen molar-refractivity contribution in [1.29, 1.82) is 5.26 Å². The highest BCUT2D eigenvalue weighted by molar-refractivity contribution is 6.31. The number of nitrogens with zero attached hydrogens (tertiary/aromatic N) is 1. The van der Waals surface area contributed by atoms with E-state index in [-0.39, 0.29) is 29.9 Å². The van der Waals surface area contributed by atoms with Gasteiger partial charge in [0.1, 0.15) is 6.07 Å². The summed E-state index contributed by atoms with van der Waals surface area (Å²) in [6, 6.07) is 32.0. The van der Waals surface area contributed by atoms with Crippen molar-refractivity contribution in [1.82, 2.24) is 10.6 Å². The first-order valence-corrected chi connectivity index (χ1v) is 20.8. The van der Waals surface area contributed by atoms with Crippen LogP contribution in [0.5, 0.6) is 0 Å². The van der Waals surface area contributed by atoms with E-state index in [9.17, 15) is 24.8 Å². The lowest BCUT2D eigenvalue weighted by Gasteiger charge is -2.23. The topological polar surface area (TPSA) is 143 Å². The standard InChI is InChI=1S/C23H24ClN3O.C23H25ClN2O3/c1-2-20(27-23(28)14-7-9-16(24)10-8-14)22-18-11-17(12-19(18)22)26-21-6-4-3-5-15(21)13-25;1-2-19(26-22(27)13-7-9-14(24)10-8-13)21-17-11-15(12-18(17)21)25-20-6-4-3-5-16(20)23(28)29/h3-10,17-20,22,26H,2,11-12H2,1H3,(H,27,28);3-10,15,17-19,21,25H,2,11-12H2,1H3,(H,26,27)(H,28,29)/t17?,18-,19+,20-,22?;15?,17-,18+,19-,21?/m11/s1. The van der Waals surface area contributed by atoms with Gasteiger partial charge in [-0.15, -0.1) is 0 Å². The number of amides is 2. The molecule has 11 heteroatoms. The Morgan fingerprint density at radius 1 is 0.649 bits per heavy atom. The van der Waals surface area contributed by atoms with Crippen molar-refractivity contribution in [2.45, 2.75) is 76.5 Å². The number of rotatable bonds is 13. The molecule has 0 spiro atoms. The molecule has 4 aliphatic carbocycles. The van der Waals surface area contributed by atoms with E-state index in [2.05, 4.69) is 41.2 Å². The lowest BCUT2D eigenvalue weighted by molar-refractivity contribution is 0.0697. The summed E-state index contributed by atoms with van der Waals surface area (Å²) in [5, 5.41) is 33.3. The van der Waals surface area contributed by atoms with Crippen LogP contribution >= 0.6 is 23.2 Å². The first-order chi connectivity index (χ1) is 27.6. The van der Waals surface area contributed by atoms with Crippen molar-refractivity contribution in [3.63, 3.8) is 0 Å². The van der Waals surface area contributed by atoms with Crippen LogP contribution < -0.4 is 21.3 Å². The van der Waals surface area contributed by atoms with Crippen LogP contribution in [-0.2, 0) is 0 Å². The number of aromatic carboxylic acids is 1. The van der Waals surface area contributed by atoms with Crippen LogP contribution in [0.3, 0.4) is 0 Å². The minimum Gasteiger partial charge on any atom is -0.478 e. The first kappa shape index (κ1) is 40.2. The van der Waals surface area contributed by atoms with Gasteiger partial charge in [-0.2, -0.15) is 5.26 Å². The second-order valence-corrected chi connectivity index (χ2v) is 16.8. The highest BCUT2D eigenvalue weighted by Gasteiger charge is 2.59. The van der Waals surface area contributed by atoms with Gasteiger partial charge in [0.2, 0.25) is 0 Å². The number of anilines is 2. The molecule has 57 heavy (non-hydrogen) atoms. The molecule has 4 aromatic rings. The molecule has 4 aromatic carbocycles. The van der Waals surface area contributed by atoms with Crippen molar-refractivity contribution in [3.8, 4) is 6.07 Å². The molecule has 0 radical (unpaired) electrons. The van der Waals surface area contributed by atoms with Gasteiger partial charge in [-0.1, -0.05) is 61.3 Å². The third kappa shape index (κ3) is 9.24. The monoisotopic (exact) mass is 805 g/mol. The smallest absolute Gasteiger partial charge is 0.337 e. The third-order valence-corrected chi connectivity index (χ3v) is 13.1. The quantitative estimate of drug-likeness (QED) is 0.0906. The molecule has 0 aromatic heterocycles. The summed E-state index contributed by atoms with van der Waals surface area (Å²) >= 11 is 11.8. The van der Waals surface area contributed by atoms with Gasteiger partial charge in [-0.3, -0.25) is 9.59 Å². The minimum absolute atomic E-state index is 0.0221. The van der Waals surface area contributed by atoms with Gasteiger partial charge in [0.05, 0.1) is 16.8 Å². The molecule has 4 fully saturated rings. The molecular formula is C46H49Cl2N5O4. The number of carboxylic acid groups (broad SMARTS) is 1. The molecule has 4 aliphatic rings. The number of benzene rings is 4. The number of halogens is 2. The Kier molecular flexibility index (Phi) is 12.4. The second-order valence-electron chi connectivity index (χ2n) is 15.9. The van der Waals surface area contributed by atoms with Gasteiger partial charge in [-0.05, 0) is 147 Å². The van der Waals surface area contributed by atoms with Gasteiger partial charge in [0.25, 0.3) is 11.8 Å². The number of para-hydroxylation sites is 2. The average Bonchev–Trinajstić information content (AvgIpc) is 3.93. The van der Waals surface area contributed by atoms with Crippen molar-refractivity contribution < 1.29 is 19.5 Å². The lowest BCUT2D eigenvalue weighted by Crippen LogP contribution is -2.38. The van der Waals surface area contributed by atoms with Gasteiger partial charge < -0.3 is 26.4 Å². The fraction of sp³-hybridized carbons (Fsp3) is 0.391. The summed E-state index contributed by atoms with van der Waals surface area (Å²) in [6.45, 7) is 4.25. The Balaban J connectivity index is 0.000000174. The Hall–Kier alpha value is -5.04. The fourth-order valence-corrected chi connectivity index (χ4v) is 10.1. The molecule has 10 atom stereocenters. The zero-order valence-electron chi connectivity index (χ0n) is 32.1. The number of nitriles is 1. The van der Waals surface area contributed by atoms with Gasteiger partial charge in [0, 0.05) is 51.0 Å². The number of carbonyl (C=O) groups excluding carboxylic acids is 2. The maximum absolute atomic E-state index is 12.6. The predicted octanol–water partition coefficient (Wildman–Crippen LogP) is 9.54. The average molecular weight is 807 g/mol. The maximum Gasteiger partial charge on any atom is 0.337 e. The third-order valence-electron chi connectivity index (χ3n) is 12.6. The highest BCUT2D eigenvalue weighted by atomic mass is 35.5. The molecule has 2 amide bonds. The minimum atomic E-state index is -0.912. The molecule has 0 heterocycles. The van der Waals surface area contributed by atoms with Crippen LogP contribution in [0.2, 0.25) is 10.0 Å². The van der Waals surface area contributed by atoms with Crippen molar-refractivity contribution in [3.05, 3.63) is 129 Å². The van der Waals surface area contributed by atoms with Gasteiger partial charge in [0.15, 0.2) is 0 Å². The molecule has 5 N–H and O–H groups in total. The number of fused-ring (bicyclic) bond motifs is 2. The van der Waals surface area contributed by atoms with Crippen LogP contribution in [0.1, 0.15) is 89.0 Å². The van der Waals surface area contributed by atoms with Gasteiger partial charge in [-0.25, -0.2) is 4.79 Å². The predicted molar refractivity (Wildman–Crippen MR) is 225 cm³/mol. The van der Waals surface area contributed by atoms with E-state index in [0.29, 0.717) is 79.5 Å². The van der Waals surface area contributed by atoms with Crippen LogP contribution in [-0.4, -0.2) is 47.1 Å². The van der Waals surface area contributed by atoms with Crippen LogP contribution in [0.4, 0.5) is 11.4 Å². The van der Waals surface area contributed by atoms with Crippen molar-refractivity contribution >= 4 is 52.4 Å². The molecule has 4 saturated carbocycles. The summed E-state index contributed by atoms with van der Waals surface area (Å²) in [4.78, 5) is 36.5. The Labute approximate surface area is 344 Å². The van der Waals surface area contributed by atoms with E-state index < -0.39 is 5.97 Å². The lowest BCUT2D eigenvalue weighted by atomic mass is 9.98. The summed E-state index contributed by atoms with van der Waals surface area (Å²) < 4.78 is 0. The summed E-state index contributed by atoms with van der Waals surface area (Å²) in [5.41, 5.74) is 3.90. The summed E-state index contributed by atoms with van der Waals surface area (Å²) in [5.74, 6) is 2.55. The van der Waals surface area contributed by atoms with E-state index in [1.165, 1.54) is 0 Å².